The summed E-state index contributed by atoms with van der Waals surface area (Å²) in [7, 11) is 0. The molecule has 1 aromatic rings. The van der Waals surface area contributed by atoms with Crippen LogP contribution in [0.4, 0.5) is 17.6 Å². The first kappa shape index (κ1) is 23.4. The van der Waals surface area contributed by atoms with Crippen LogP contribution in [0, 0.1) is 0 Å². The van der Waals surface area contributed by atoms with Gasteiger partial charge in [-0.3, -0.25) is 9.78 Å². The van der Waals surface area contributed by atoms with E-state index in [0.717, 1.165) is 24.8 Å². The summed E-state index contributed by atoms with van der Waals surface area (Å²) in [6.07, 6.45) is 1.73. The predicted octanol–water partition coefficient (Wildman–Crippen LogP) is 2.88. The van der Waals surface area contributed by atoms with E-state index in [1.165, 1.54) is 0 Å². The number of carbonyl (C=O) groups excluding carboxylic acids is 1. The summed E-state index contributed by atoms with van der Waals surface area (Å²) in [5.74, 6) is -3.10. The highest BCUT2D eigenvalue weighted by Crippen LogP contribution is 2.42. The minimum absolute atomic E-state index is 0.110. The number of ether oxygens (including phenoxy) is 2. The van der Waals surface area contributed by atoms with Gasteiger partial charge in [0.25, 0.3) is 5.91 Å². The van der Waals surface area contributed by atoms with Gasteiger partial charge in [-0.1, -0.05) is 6.07 Å². The van der Waals surface area contributed by atoms with Gasteiger partial charge in [-0.15, -0.1) is 0 Å². The minimum Gasteiger partial charge on any atom is -0.475 e. The van der Waals surface area contributed by atoms with Gasteiger partial charge in [-0.2, -0.15) is 13.2 Å². The maximum Gasteiger partial charge on any atom is 0.490 e. The van der Waals surface area contributed by atoms with Gasteiger partial charge < -0.3 is 19.5 Å². The lowest BCUT2D eigenvalue weighted by Gasteiger charge is -2.54. The van der Waals surface area contributed by atoms with Gasteiger partial charge in [-0.05, 0) is 37.3 Å². The van der Waals surface area contributed by atoms with Crippen LogP contribution in [0.1, 0.15) is 37.7 Å². The van der Waals surface area contributed by atoms with Crippen LogP contribution in [0.15, 0.2) is 24.5 Å². The number of rotatable bonds is 4. The number of halogens is 4. The molecule has 2 saturated heterocycles. The Labute approximate surface area is 176 Å². The SMILES string of the molecule is O=C(N1CC2(CC(OCc3cccnc3)CCO2)C1)C1(F)CCC1.O=C(O)C(F)(F)F. The highest BCUT2D eigenvalue weighted by molar-refractivity contribution is 5.87. The van der Waals surface area contributed by atoms with Crippen molar-refractivity contribution in [2.24, 2.45) is 0 Å². The van der Waals surface area contributed by atoms with Gasteiger partial charge in [0.05, 0.1) is 25.8 Å². The smallest absolute Gasteiger partial charge is 0.475 e. The molecule has 3 fully saturated rings. The second-order valence-electron chi connectivity index (χ2n) is 8.10. The number of carboxylic acid groups (broad SMARTS) is 1. The van der Waals surface area contributed by atoms with E-state index >= 15 is 0 Å². The first-order valence-electron chi connectivity index (χ1n) is 9.96. The average molecular weight is 448 g/mol. The first-order valence-corrected chi connectivity index (χ1v) is 9.96. The molecule has 11 heteroatoms. The van der Waals surface area contributed by atoms with Crippen LogP contribution in [-0.4, -0.2) is 70.1 Å². The number of aromatic nitrogens is 1. The van der Waals surface area contributed by atoms with E-state index in [4.69, 9.17) is 19.4 Å². The Bertz CT molecular complexity index is 780. The summed E-state index contributed by atoms with van der Waals surface area (Å²) < 4.78 is 57.9. The Hall–Kier alpha value is -2.27. The maximum absolute atomic E-state index is 14.2. The van der Waals surface area contributed by atoms with Crippen LogP contribution < -0.4 is 0 Å². The topological polar surface area (TPSA) is 89.0 Å². The lowest BCUT2D eigenvalue weighted by molar-refractivity contribution is -0.210. The van der Waals surface area contributed by atoms with Gasteiger partial charge in [0, 0.05) is 25.4 Å². The largest absolute Gasteiger partial charge is 0.490 e. The van der Waals surface area contributed by atoms with Crippen LogP contribution in [-0.2, 0) is 25.7 Å². The van der Waals surface area contributed by atoms with Crippen molar-refractivity contribution < 1.29 is 41.7 Å². The second-order valence-corrected chi connectivity index (χ2v) is 8.10. The summed E-state index contributed by atoms with van der Waals surface area (Å²) >= 11 is 0. The van der Waals surface area contributed by atoms with Crippen LogP contribution in [0.5, 0.6) is 0 Å². The number of carboxylic acids is 1. The molecule has 1 aromatic heterocycles. The Morgan fingerprint density at radius 2 is 2.00 bits per heavy atom. The number of likely N-dealkylation sites (tertiary alicyclic amines) is 1. The van der Waals surface area contributed by atoms with E-state index in [0.29, 0.717) is 39.1 Å². The minimum atomic E-state index is -5.08. The Morgan fingerprint density at radius 3 is 2.52 bits per heavy atom. The van der Waals surface area contributed by atoms with Gasteiger partial charge in [0.2, 0.25) is 0 Å². The molecule has 1 atom stereocenters. The fourth-order valence-corrected chi connectivity index (χ4v) is 3.82. The first-order chi connectivity index (χ1) is 14.5. The van der Waals surface area contributed by atoms with Gasteiger partial charge in [-0.25, -0.2) is 9.18 Å². The number of nitrogens with zero attached hydrogens (tertiary/aromatic N) is 2. The maximum atomic E-state index is 14.2. The molecule has 0 aromatic carbocycles. The summed E-state index contributed by atoms with van der Waals surface area (Å²) in [6.45, 7) is 2.14. The molecule has 1 unspecified atom stereocenters. The number of alkyl halides is 4. The van der Waals surface area contributed by atoms with Gasteiger partial charge in [0.1, 0.15) is 5.60 Å². The predicted molar refractivity (Wildman–Crippen MR) is 98.7 cm³/mol. The molecule has 0 bridgehead atoms. The third-order valence-electron chi connectivity index (χ3n) is 5.67. The third kappa shape index (κ3) is 5.70. The molecule has 1 amide bonds. The van der Waals surface area contributed by atoms with Crippen molar-refractivity contribution in [3.63, 3.8) is 0 Å². The fourth-order valence-electron chi connectivity index (χ4n) is 3.82. The van der Waals surface area contributed by atoms with Crippen molar-refractivity contribution in [1.29, 1.82) is 0 Å². The fraction of sp³-hybridized carbons (Fsp3) is 0.650. The highest BCUT2D eigenvalue weighted by Gasteiger charge is 2.55. The molecule has 1 saturated carbocycles. The van der Waals surface area contributed by atoms with Crippen LogP contribution in [0.3, 0.4) is 0 Å². The molecule has 3 heterocycles. The van der Waals surface area contributed by atoms with E-state index in [9.17, 15) is 22.4 Å². The van der Waals surface area contributed by atoms with E-state index in [2.05, 4.69) is 4.98 Å². The summed E-state index contributed by atoms with van der Waals surface area (Å²) in [5.41, 5.74) is -0.895. The Balaban J connectivity index is 0.000000339. The number of hydrogen-bond acceptors (Lipinski definition) is 5. The molecule has 1 aliphatic carbocycles. The quantitative estimate of drug-likeness (QED) is 0.713. The zero-order chi connectivity index (χ0) is 22.7. The number of amides is 1. The molecule has 3 aliphatic rings. The molecule has 1 spiro atoms. The molecule has 4 rings (SSSR count). The Morgan fingerprint density at radius 1 is 1.32 bits per heavy atom. The number of aliphatic carboxylic acids is 1. The molecule has 7 nitrogen and oxygen atoms in total. The standard InChI is InChI=1S/C18H23FN2O3.C2HF3O2/c19-18(5-2-6-18)16(22)21-12-17(13-21)9-15(4-8-24-17)23-11-14-3-1-7-20-10-14;3-2(4,5)1(6)7/h1,3,7,10,15H,2,4-6,8-9,11-13H2;(H,6,7). The van der Waals surface area contributed by atoms with E-state index in [-0.39, 0.29) is 17.6 Å². The molecule has 31 heavy (non-hydrogen) atoms. The van der Waals surface area contributed by atoms with Crippen molar-refractivity contribution in [1.82, 2.24) is 9.88 Å². The highest BCUT2D eigenvalue weighted by atomic mass is 19.4. The molecule has 1 N–H and O–H groups in total. The molecular weight excluding hydrogens is 424 g/mol. The van der Waals surface area contributed by atoms with Crippen LogP contribution >= 0.6 is 0 Å². The second kappa shape index (κ2) is 9.07. The zero-order valence-electron chi connectivity index (χ0n) is 16.7. The summed E-state index contributed by atoms with van der Waals surface area (Å²) in [6, 6.07) is 3.89. The lowest BCUT2D eigenvalue weighted by Crippen LogP contribution is -2.70. The van der Waals surface area contributed by atoms with Crippen molar-refractivity contribution in [2.45, 2.75) is 62.3 Å². The number of hydrogen-bond donors (Lipinski definition) is 1. The zero-order valence-corrected chi connectivity index (χ0v) is 16.7. The van der Waals surface area contributed by atoms with Crippen molar-refractivity contribution in [3.05, 3.63) is 30.1 Å². The van der Waals surface area contributed by atoms with Crippen molar-refractivity contribution >= 4 is 11.9 Å². The molecule has 0 radical (unpaired) electrons. The van der Waals surface area contributed by atoms with Crippen LogP contribution in [0.2, 0.25) is 0 Å². The number of pyridine rings is 1. The van der Waals surface area contributed by atoms with Crippen LogP contribution in [0.25, 0.3) is 0 Å². The van der Waals surface area contributed by atoms with E-state index in [1.54, 1.807) is 17.3 Å². The molecule has 172 valence electrons. The number of carbonyl (C=O) groups is 2. The summed E-state index contributed by atoms with van der Waals surface area (Å²) in [4.78, 5) is 26.8. The Kier molecular flexibility index (Phi) is 6.85. The van der Waals surface area contributed by atoms with E-state index < -0.39 is 17.8 Å². The van der Waals surface area contributed by atoms with Gasteiger partial charge in [0.15, 0.2) is 5.67 Å². The molecular formula is C20H24F4N2O5. The van der Waals surface area contributed by atoms with Gasteiger partial charge >= 0.3 is 12.1 Å². The third-order valence-corrected chi connectivity index (χ3v) is 5.67. The normalized spacial score (nSPS) is 23.7. The summed E-state index contributed by atoms with van der Waals surface area (Å²) in [5, 5.41) is 7.12. The van der Waals surface area contributed by atoms with Crippen molar-refractivity contribution in [2.75, 3.05) is 19.7 Å². The molecule has 2 aliphatic heterocycles. The van der Waals surface area contributed by atoms with Crippen molar-refractivity contribution in [3.8, 4) is 0 Å². The monoisotopic (exact) mass is 448 g/mol. The lowest BCUT2D eigenvalue weighted by atomic mass is 9.78. The van der Waals surface area contributed by atoms with E-state index in [1.807, 2.05) is 12.1 Å². The average Bonchev–Trinajstić information content (AvgIpc) is 2.69.